The van der Waals surface area contributed by atoms with E-state index in [4.69, 9.17) is 0 Å². The first kappa shape index (κ1) is 17.9. The second-order valence-corrected chi connectivity index (χ2v) is 7.72. The molecule has 1 saturated heterocycles. The van der Waals surface area contributed by atoms with Gasteiger partial charge in [-0.2, -0.15) is 0 Å². The molecule has 2 N–H and O–H groups in total. The Morgan fingerprint density at radius 1 is 1.17 bits per heavy atom. The van der Waals surface area contributed by atoms with Crippen molar-refractivity contribution in [1.82, 2.24) is 19.7 Å². The van der Waals surface area contributed by atoms with Crippen molar-refractivity contribution in [3.05, 3.63) is 47.5 Å². The number of carbonyl (C=O) groups excluding carboxylic acids is 1. The van der Waals surface area contributed by atoms with E-state index in [0.29, 0.717) is 6.54 Å². The number of hydrogen-bond acceptors (Lipinski definition) is 5. The topological polar surface area (TPSA) is 77.8 Å². The Hall–Kier alpha value is -3.13. The number of imidazole rings is 1. The summed E-state index contributed by atoms with van der Waals surface area (Å²) >= 11 is 0. The molecule has 150 valence electrons. The van der Waals surface area contributed by atoms with Gasteiger partial charge in [0.1, 0.15) is 11.5 Å². The lowest BCUT2D eigenvalue weighted by Gasteiger charge is -2.31. The third-order valence-corrected chi connectivity index (χ3v) is 5.71. The van der Waals surface area contributed by atoms with Crippen molar-refractivity contribution in [1.29, 1.82) is 0 Å². The van der Waals surface area contributed by atoms with E-state index in [-0.39, 0.29) is 6.03 Å². The summed E-state index contributed by atoms with van der Waals surface area (Å²) in [5.41, 5.74) is 5.98. The first-order valence-corrected chi connectivity index (χ1v) is 10.1. The number of piperazine rings is 1. The fourth-order valence-corrected chi connectivity index (χ4v) is 4.24. The van der Waals surface area contributed by atoms with Crippen LogP contribution in [0.15, 0.2) is 30.7 Å². The fourth-order valence-electron chi connectivity index (χ4n) is 4.24. The number of aromatic nitrogens is 3. The molecule has 2 aliphatic rings. The predicted molar refractivity (Wildman–Crippen MR) is 114 cm³/mol. The Kier molecular flexibility index (Phi) is 4.35. The van der Waals surface area contributed by atoms with Gasteiger partial charge in [-0.3, -0.25) is 4.90 Å². The van der Waals surface area contributed by atoms with Crippen LogP contribution in [0.2, 0.25) is 0 Å². The number of amides is 2. The molecule has 0 radical (unpaired) electrons. The summed E-state index contributed by atoms with van der Waals surface area (Å²) in [6, 6.07) is 3.92. The largest absolute Gasteiger partial charge is 0.369 e. The zero-order valence-electron chi connectivity index (χ0n) is 16.8. The van der Waals surface area contributed by atoms with Gasteiger partial charge in [-0.15, -0.1) is 0 Å². The minimum Gasteiger partial charge on any atom is -0.369 e. The van der Waals surface area contributed by atoms with Crippen LogP contribution in [0.5, 0.6) is 0 Å². The van der Waals surface area contributed by atoms with Gasteiger partial charge >= 0.3 is 6.03 Å². The first-order valence-electron chi connectivity index (χ1n) is 10.1. The van der Waals surface area contributed by atoms with Crippen LogP contribution in [0.25, 0.3) is 5.65 Å². The lowest BCUT2D eigenvalue weighted by Crippen LogP contribution is -2.43. The van der Waals surface area contributed by atoms with Gasteiger partial charge in [0.15, 0.2) is 0 Å². The molecule has 0 bridgehead atoms. The van der Waals surface area contributed by atoms with E-state index in [2.05, 4.69) is 31.6 Å². The molecule has 2 aliphatic heterocycles. The van der Waals surface area contributed by atoms with Gasteiger partial charge in [0, 0.05) is 62.6 Å². The standard InChI is InChI=1S/C21H25N7O/c1-14-11-19-24-15(2)12-27(19)13-17(14)25-21(29)28-8-4-16-18(3-5-23-20(16)28)26-9-6-22-7-10-26/h3,5,11-13,22H,4,6-10H2,1-2H3,(H,25,29). The van der Waals surface area contributed by atoms with E-state index < -0.39 is 0 Å². The van der Waals surface area contributed by atoms with Crippen molar-refractivity contribution in [3.63, 3.8) is 0 Å². The number of fused-ring (bicyclic) bond motifs is 2. The fraction of sp³-hybridized carbons (Fsp3) is 0.381. The third kappa shape index (κ3) is 3.19. The molecule has 8 nitrogen and oxygen atoms in total. The molecule has 2 amide bonds. The summed E-state index contributed by atoms with van der Waals surface area (Å²) in [5, 5.41) is 6.46. The molecule has 0 spiro atoms. The van der Waals surface area contributed by atoms with E-state index in [1.807, 2.05) is 42.9 Å². The monoisotopic (exact) mass is 391 g/mol. The highest BCUT2D eigenvalue weighted by Crippen LogP contribution is 2.34. The van der Waals surface area contributed by atoms with Gasteiger partial charge in [-0.25, -0.2) is 14.8 Å². The number of rotatable bonds is 2. The van der Waals surface area contributed by atoms with Crippen LogP contribution in [-0.2, 0) is 6.42 Å². The molecule has 0 saturated carbocycles. The number of pyridine rings is 2. The smallest absolute Gasteiger partial charge is 0.327 e. The minimum absolute atomic E-state index is 0.145. The van der Waals surface area contributed by atoms with Crippen LogP contribution < -0.4 is 20.4 Å². The summed E-state index contributed by atoms with van der Waals surface area (Å²) in [6.45, 7) is 8.51. The molecule has 0 atom stereocenters. The van der Waals surface area contributed by atoms with Crippen molar-refractivity contribution < 1.29 is 4.79 Å². The molecule has 5 rings (SSSR count). The Labute approximate surface area is 169 Å². The second kappa shape index (κ2) is 7.04. The van der Waals surface area contributed by atoms with Crippen LogP contribution in [0.4, 0.5) is 22.0 Å². The number of urea groups is 1. The number of nitrogens with one attached hydrogen (secondary N) is 2. The molecule has 5 heterocycles. The van der Waals surface area contributed by atoms with Gasteiger partial charge < -0.3 is 19.9 Å². The highest BCUT2D eigenvalue weighted by Gasteiger charge is 2.30. The highest BCUT2D eigenvalue weighted by atomic mass is 16.2. The Bertz CT molecular complexity index is 1080. The van der Waals surface area contributed by atoms with Crippen molar-refractivity contribution in [2.24, 2.45) is 0 Å². The van der Waals surface area contributed by atoms with E-state index in [0.717, 1.165) is 61.0 Å². The Balaban J connectivity index is 1.41. The van der Waals surface area contributed by atoms with Gasteiger partial charge in [0.2, 0.25) is 0 Å². The van der Waals surface area contributed by atoms with Gasteiger partial charge in [0.05, 0.1) is 11.4 Å². The average Bonchev–Trinajstić information content (AvgIpc) is 3.31. The van der Waals surface area contributed by atoms with Crippen LogP contribution in [0.1, 0.15) is 16.8 Å². The van der Waals surface area contributed by atoms with E-state index >= 15 is 0 Å². The summed E-state index contributed by atoms with van der Waals surface area (Å²) < 4.78 is 1.94. The molecule has 1 fully saturated rings. The lowest BCUT2D eigenvalue weighted by molar-refractivity contribution is 0.257. The summed E-state index contributed by atoms with van der Waals surface area (Å²) in [4.78, 5) is 26.2. The summed E-state index contributed by atoms with van der Waals surface area (Å²) in [6.07, 6.45) is 6.52. The zero-order valence-corrected chi connectivity index (χ0v) is 16.8. The van der Waals surface area contributed by atoms with Gasteiger partial charge in [0.25, 0.3) is 0 Å². The molecular weight excluding hydrogens is 366 g/mol. The number of nitrogens with zero attached hydrogens (tertiary/aromatic N) is 5. The van der Waals surface area contributed by atoms with Crippen LogP contribution in [0.3, 0.4) is 0 Å². The number of carbonyl (C=O) groups is 1. The van der Waals surface area contributed by atoms with Crippen LogP contribution in [0, 0.1) is 13.8 Å². The summed E-state index contributed by atoms with van der Waals surface area (Å²) in [7, 11) is 0. The molecule has 3 aromatic rings. The number of anilines is 3. The second-order valence-electron chi connectivity index (χ2n) is 7.72. The van der Waals surface area contributed by atoms with E-state index in [1.165, 1.54) is 11.3 Å². The first-order chi connectivity index (χ1) is 14.1. The van der Waals surface area contributed by atoms with Crippen molar-refractivity contribution in [3.8, 4) is 0 Å². The molecular formula is C21H25N7O. The van der Waals surface area contributed by atoms with Gasteiger partial charge in [-0.05, 0) is 38.0 Å². The maximum atomic E-state index is 13.1. The Morgan fingerprint density at radius 3 is 2.83 bits per heavy atom. The van der Waals surface area contributed by atoms with E-state index in [1.54, 1.807) is 4.90 Å². The average molecular weight is 391 g/mol. The quantitative estimate of drug-likeness (QED) is 0.701. The zero-order chi connectivity index (χ0) is 20.0. The normalized spacial score (nSPS) is 16.3. The van der Waals surface area contributed by atoms with E-state index in [9.17, 15) is 4.79 Å². The van der Waals surface area contributed by atoms with Crippen LogP contribution in [-0.4, -0.2) is 53.1 Å². The maximum absolute atomic E-state index is 13.1. The summed E-state index contributed by atoms with van der Waals surface area (Å²) in [5.74, 6) is 0.774. The molecule has 29 heavy (non-hydrogen) atoms. The molecule has 3 aromatic heterocycles. The number of aryl methyl sites for hydroxylation is 2. The van der Waals surface area contributed by atoms with Crippen LogP contribution >= 0.6 is 0 Å². The molecule has 0 aromatic carbocycles. The van der Waals surface area contributed by atoms with Crippen molar-refractivity contribution in [2.75, 3.05) is 47.8 Å². The predicted octanol–water partition coefficient (Wildman–Crippen LogP) is 2.35. The molecule has 0 unspecified atom stereocenters. The maximum Gasteiger partial charge on any atom is 0.327 e. The van der Waals surface area contributed by atoms with Crippen molar-refractivity contribution in [2.45, 2.75) is 20.3 Å². The third-order valence-electron chi connectivity index (χ3n) is 5.71. The molecule has 0 aliphatic carbocycles. The minimum atomic E-state index is -0.145. The van der Waals surface area contributed by atoms with Gasteiger partial charge in [-0.1, -0.05) is 0 Å². The Morgan fingerprint density at radius 2 is 2.00 bits per heavy atom. The lowest BCUT2D eigenvalue weighted by atomic mass is 10.1. The van der Waals surface area contributed by atoms with Crippen molar-refractivity contribution >= 4 is 28.9 Å². The SMILES string of the molecule is Cc1cn2cc(NC(=O)N3CCc4c(N5CCNCC5)ccnc43)c(C)cc2n1. The highest BCUT2D eigenvalue weighted by molar-refractivity contribution is 6.03. The number of hydrogen-bond donors (Lipinski definition) is 2. The molecule has 8 heteroatoms.